The zero-order chi connectivity index (χ0) is 12.3. The van der Waals surface area contributed by atoms with Gasteiger partial charge in [0.05, 0.1) is 10.9 Å². The molecule has 0 aliphatic carbocycles. The van der Waals surface area contributed by atoms with Crippen LogP contribution >= 0.6 is 0 Å². The van der Waals surface area contributed by atoms with E-state index in [1.54, 1.807) is 13.8 Å². The minimum absolute atomic E-state index is 0.554. The molecule has 1 N–H and O–H groups in total. The Labute approximate surface area is 93.8 Å². The first-order chi connectivity index (χ1) is 6.59. The third kappa shape index (κ3) is 4.51. The molecule has 92 valence electrons. The summed E-state index contributed by atoms with van der Waals surface area (Å²) in [4.78, 5) is 0. The molecule has 0 aliphatic heterocycles. The second-order valence-electron chi connectivity index (χ2n) is 5.22. The van der Waals surface area contributed by atoms with Gasteiger partial charge in [-0.05, 0) is 26.2 Å². The molecule has 15 heavy (non-hydrogen) atoms. The fourth-order valence-corrected chi connectivity index (χ4v) is 1.93. The van der Waals surface area contributed by atoms with Crippen LogP contribution < -0.4 is 0 Å². The standard InChI is InChI=1S/C11H24O3S/c1-9(2)7-6-8-10(12)11(3,4)15(5,13)14/h9-10,12H,6-8H2,1-5H3. The number of hydrogen-bond donors (Lipinski definition) is 1. The van der Waals surface area contributed by atoms with Crippen LogP contribution in [0.4, 0.5) is 0 Å². The SMILES string of the molecule is CC(C)CCCC(O)C(C)(C)S(C)(=O)=O. The molecule has 0 aliphatic rings. The molecule has 0 saturated carbocycles. The van der Waals surface area contributed by atoms with E-state index >= 15 is 0 Å². The molecular formula is C11H24O3S. The number of rotatable bonds is 6. The Bertz CT molecular complexity index is 278. The minimum atomic E-state index is -3.20. The second-order valence-corrected chi connectivity index (χ2v) is 7.81. The first-order valence-electron chi connectivity index (χ1n) is 5.46. The van der Waals surface area contributed by atoms with Crippen LogP contribution in [0.25, 0.3) is 0 Å². The van der Waals surface area contributed by atoms with Gasteiger partial charge in [-0.15, -0.1) is 0 Å². The van der Waals surface area contributed by atoms with Crippen LogP contribution in [0, 0.1) is 5.92 Å². The van der Waals surface area contributed by atoms with Crippen LogP contribution in [-0.2, 0) is 9.84 Å². The van der Waals surface area contributed by atoms with Crippen molar-refractivity contribution in [3.8, 4) is 0 Å². The highest BCUT2D eigenvalue weighted by Gasteiger charge is 2.37. The molecular weight excluding hydrogens is 212 g/mol. The maximum Gasteiger partial charge on any atom is 0.155 e. The highest BCUT2D eigenvalue weighted by Crippen LogP contribution is 2.24. The number of sulfone groups is 1. The highest BCUT2D eigenvalue weighted by atomic mass is 32.2. The molecule has 0 aromatic heterocycles. The summed E-state index contributed by atoms with van der Waals surface area (Å²) < 4.78 is 21.8. The van der Waals surface area contributed by atoms with E-state index in [-0.39, 0.29) is 0 Å². The van der Waals surface area contributed by atoms with E-state index in [9.17, 15) is 13.5 Å². The highest BCUT2D eigenvalue weighted by molar-refractivity contribution is 7.92. The predicted molar refractivity (Wildman–Crippen MR) is 63.6 cm³/mol. The van der Waals surface area contributed by atoms with Crippen LogP contribution in [0.3, 0.4) is 0 Å². The zero-order valence-electron chi connectivity index (χ0n) is 10.4. The number of aliphatic hydroxyl groups is 1. The molecule has 0 bridgehead atoms. The minimum Gasteiger partial charge on any atom is -0.392 e. The van der Waals surface area contributed by atoms with Gasteiger partial charge >= 0.3 is 0 Å². The molecule has 0 saturated heterocycles. The molecule has 1 atom stereocenters. The van der Waals surface area contributed by atoms with E-state index < -0.39 is 20.7 Å². The van der Waals surface area contributed by atoms with Gasteiger partial charge in [-0.3, -0.25) is 0 Å². The van der Waals surface area contributed by atoms with Gasteiger partial charge in [0, 0.05) is 6.26 Å². The molecule has 0 amide bonds. The Morgan fingerprint density at radius 3 is 2.00 bits per heavy atom. The Kier molecular flexibility index (Phi) is 5.27. The molecule has 0 aromatic rings. The molecule has 0 spiro atoms. The number of aliphatic hydroxyl groups excluding tert-OH is 1. The number of hydrogen-bond acceptors (Lipinski definition) is 3. The fourth-order valence-electron chi connectivity index (χ4n) is 1.31. The fraction of sp³-hybridized carbons (Fsp3) is 1.00. The van der Waals surface area contributed by atoms with Crippen molar-refractivity contribution < 1.29 is 13.5 Å². The van der Waals surface area contributed by atoms with E-state index in [0.29, 0.717) is 12.3 Å². The van der Waals surface area contributed by atoms with Gasteiger partial charge in [0.25, 0.3) is 0 Å². The van der Waals surface area contributed by atoms with Crippen molar-refractivity contribution in [2.45, 2.75) is 57.8 Å². The summed E-state index contributed by atoms with van der Waals surface area (Å²) in [6, 6.07) is 0. The van der Waals surface area contributed by atoms with Crippen molar-refractivity contribution in [2.24, 2.45) is 5.92 Å². The quantitative estimate of drug-likeness (QED) is 0.767. The average molecular weight is 236 g/mol. The van der Waals surface area contributed by atoms with Gasteiger partial charge in [0.1, 0.15) is 0 Å². The first kappa shape index (κ1) is 14.9. The van der Waals surface area contributed by atoms with Crippen molar-refractivity contribution in [2.75, 3.05) is 6.26 Å². The lowest BCUT2D eigenvalue weighted by atomic mass is 9.98. The van der Waals surface area contributed by atoms with Gasteiger partial charge in [0.2, 0.25) is 0 Å². The summed E-state index contributed by atoms with van der Waals surface area (Å²) in [6.45, 7) is 7.41. The monoisotopic (exact) mass is 236 g/mol. The van der Waals surface area contributed by atoms with Gasteiger partial charge < -0.3 is 5.11 Å². The van der Waals surface area contributed by atoms with E-state index in [1.807, 2.05) is 0 Å². The summed E-state index contributed by atoms with van der Waals surface area (Å²) in [7, 11) is -3.20. The summed E-state index contributed by atoms with van der Waals surface area (Å²) in [5, 5.41) is 9.85. The Balaban J connectivity index is 4.27. The lowest BCUT2D eigenvalue weighted by Crippen LogP contribution is -2.43. The Morgan fingerprint density at radius 2 is 1.67 bits per heavy atom. The third-order valence-corrected chi connectivity index (χ3v) is 5.20. The van der Waals surface area contributed by atoms with Crippen LogP contribution in [0.2, 0.25) is 0 Å². The van der Waals surface area contributed by atoms with Crippen LogP contribution in [-0.4, -0.2) is 30.6 Å². The van der Waals surface area contributed by atoms with Crippen molar-refractivity contribution in [3.05, 3.63) is 0 Å². The van der Waals surface area contributed by atoms with E-state index in [4.69, 9.17) is 0 Å². The van der Waals surface area contributed by atoms with Crippen LogP contribution in [0.1, 0.15) is 47.0 Å². The first-order valence-corrected chi connectivity index (χ1v) is 7.36. The summed E-state index contributed by atoms with van der Waals surface area (Å²) >= 11 is 0. The predicted octanol–water partition coefficient (Wildman–Crippen LogP) is 2.00. The summed E-state index contributed by atoms with van der Waals surface area (Å²) in [6.07, 6.45) is 2.86. The Morgan fingerprint density at radius 1 is 1.20 bits per heavy atom. The molecule has 0 aromatic carbocycles. The normalized spacial score (nSPS) is 15.7. The van der Waals surface area contributed by atoms with Crippen molar-refractivity contribution in [3.63, 3.8) is 0 Å². The molecule has 0 fully saturated rings. The smallest absolute Gasteiger partial charge is 0.155 e. The lowest BCUT2D eigenvalue weighted by molar-refractivity contribution is 0.124. The maximum atomic E-state index is 11.4. The Hall–Kier alpha value is -0.0900. The molecule has 4 heteroatoms. The van der Waals surface area contributed by atoms with Crippen molar-refractivity contribution in [1.82, 2.24) is 0 Å². The van der Waals surface area contributed by atoms with Crippen LogP contribution in [0.5, 0.6) is 0 Å². The topological polar surface area (TPSA) is 54.4 Å². The summed E-state index contributed by atoms with van der Waals surface area (Å²) in [5.74, 6) is 0.596. The van der Waals surface area contributed by atoms with E-state index in [2.05, 4.69) is 13.8 Å². The van der Waals surface area contributed by atoms with Gasteiger partial charge in [0.15, 0.2) is 9.84 Å². The molecule has 0 heterocycles. The lowest BCUT2D eigenvalue weighted by Gasteiger charge is -2.28. The largest absolute Gasteiger partial charge is 0.392 e. The van der Waals surface area contributed by atoms with E-state index in [1.165, 1.54) is 6.26 Å². The molecule has 0 radical (unpaired) electrons. The van der Waals surface area contributed by atoms with Crippen molar-refractivity contribution >= 4 is 9.84 Å². The van der Waals surface area contributed by atoms with Crippen LogP contribution in [0.15, 0.2) is 0 Å². The van der Waals surface area contributed by atoms with E-state index in [0.717, 1.165) is 12.8 Å². The van der Waals surface area contributed by atoms with Gasteiger partial charge in [-0.1, -0.05) is 26.7 Å². The second kappa shape index (κ2) is 5.30. The third-order valence-electron chi connectivity index (χ3n) is 3.02. The average Bonchev–Trinajstić information content (AvgIpc) is 2.01. The molecule has 0 rings (SSSR count). The molecule has 1 unspecified atom stereocenters. The van der Waals surface area contributed by atoms with Gasteiger partial charge in [-0.25, -0.2) is 8.42 Å². The molecule has 3 nitrogen and oxygen atoms in total. The van der Waals surface area contributed by atoms with Gasteiger partial charge in [-0.2, -0.15) is 0 Å². The van der Waals surface area contributed by atoms with Crippen molar-refractivity contribution in [1.29, 1.82) is 0 Å². The zero-order valence-corrected chi connectivity index (χ0v) is 11.3. The summed E-state index contributed by atoms with van der Waals surface area (Å²) in [5.41, 5.74) is 0. The maximum absolute atomic E-state index is 11.4.